The molecule has 4 amide bonds. The Kier molecular flexibility index (Phi) is 19.2. The molecule has 0 spiro atoms. The first-order valence-electron chi connectivity index (χ1n) is 24.2. The number of nitrogens with zero attached hydrogens (tertiary/aromatic N) is 5. The molecule has 0 aromatic carbocycles. The van der Waals surface area contributed by atoms with E-state index < -0.39 is 33.7 Å². The van der Waals surface area contributed by atoms with Crippen LogP contribution in [0.3, 0.4) is 0 Å². The first-order valence-corrected chi connectivity index (χ1v) is 25.8. The highest BCUT2D eigenvalue weighted by atomic mass is 32.2. The predicted molar refractivity (Wildman–Crippen MR) is 254 cm³/mol. The zero-order valence-electron chi connectivity index (χ0n) is 40.8. The van der Waals surface area contributed by atoms with Gasteiger partial charge in [-0.2, -0.15) is 13.5 Å². The van der Waals surface area contributed by atoms with Crippen molar-refractivity contribution in [3.05, 3.63) is 48.1 Å². The zero-order valence-corrected chi connectivity index (χ0v) is 41.6. The molecule has 4 bridgehead atoms. The van der Waals surface area contributed by atoms with Crippen LogP contribution in [0.5, 0.6) is 0 Å². The molecule has 4 saturated carbocycles. The van der Waals surface area contributed by atoms with Crippen LogP contribution in [0, 0.1) is 23.2 Å². The van der Waals surface area contributed by atoms with E-state index >= 15 is 0 Å². The summed E-state index contributed by atoms with van der Waals surface area (Å²) in [5, 5.41) is 20.2. The summed E-state index contributed by atoms with van der Waals surface area (Å²) in [6.45, 7) is 12.1. The fraction of sp³-hybridized carbons (Fsp3) is 0.688. The molecule has 2 unspecified atom stereocenters. The van der Waals surface area contributed by atoms with Crippen molar-refractivity contribution in [3.63, 3.8) is 0 Å². The van der Waals surface area contributed by atoms with Gasteiger partial charge in [0, 0.05) is 87.3 Å². The third-order valence-corrected chi connectivity index (χ3v) is 14.3. The number of amides is 4. The summed E-state index contributed by atoms with van der Waals surface area (Å²) in [5.41, 5.74) is 1.88. The van der Waals surface area contributed by atoms with E-state index in [4.69, 9.17) is 28.8 Å². The average molecular weight is 1000 g/mol. The van der Waals surface area contributed by atoms with Crippen molar-refractivity contribution in [1.82, 2.24) is 35.2 Å². The second-order valence-corrected chi connectivity index (χ2v) is 21.6. The second-order valence-electron chi connectivity index (χ2n) is 20.0. The number of carboxylic acid groups (broad SMARTS) is 1. The Bertz CT molecular complexity index is 2250. The predicted octanol–water partition coefficient (Wildman–Crippen LogP) is 2.67. The molecule has 5 aliphatic rings. The Labute approximate surface area is 410 Å². The van der Waals surface area contributed by atoms with E-state index in [0.717, 1.165) is 54.7 Å². The summed E-state index contributed by atoms with van der Waals surface area (Å²) in [5.74, 6) is -2.78. The number of aromatic nitrogens is 3. The maximum atomic E-state index is 12.5. The van der Waals surface area contributed by atoms with Crippen molar-refractivity contribution in [2.24, 2.45) is 16.2 Å². The summed E-state index contributed by atoms with van der Waals surface area (Å²) in [4.78, 5) is 66.5. The number of nitrogens with one attached hydrogen (secondary N) is 2. The number of imide groups is 1. The number of ether oxygens (including phenoxy) is 5. The van der Waals surface area contributed by atoms with Gasteiger partial charge in [-0.3, -0.25) is 38.2 Å². The highest BCUT2D eigenvalue weighted by molar-refractivity contribution is 7.85. The molecule has 388 valence electrons. The lowest BCUT2D eigenvalue weighted by atomic mass is 9.39. The van der Waals surface area contributed by atoms with Crippen molar-refractivity contribution >= 4 is 39.7 Å². The van der Waals surface area contributed by atoms with E-state index in [1.807, 2.05) is 16.5 Å². The molecule has 0 saturated heterocycles. The molecule has 0 radical (unpaired) electrons. The quantitative estimate of drug-likeness (QED) is 0.0455. The minimum absolute atomic E-state index is 0.00398. The van der Waals surface area contributed by atoms with Crippen LogP contribution in [0.1, 0.15) is 87.8 Å². The molecular formula is C48H71N7O14S. The van der Waals surface area contributed by atoms with Crippen LogP contribution in [0.15, 0.2) is 36.7 Å². The lowest BCUT2D eigenvalue weighted by Crippen LogP contribution is -2.64. The van der Waals surface area contributed by atoms with E-state index in [1.165, 1.54) is 18.3 Å². The van der Waals surface area contributed by atoms with Crippen LogP contribution < -0.4 is 10.6 Å². The van der Waals surface area contributed by atoms with Gasteiger partial charge in [0.05, 0.1) is 77.0 Å². The SMILES string of the molecule is Cc1c(-c2cccnc2C(=O)O)cnn1CC12CC3(C)CC(C)(C1)CC(OCCN(CCCNC(=O)CCOCCOCCOCCOCCNC(=O)CCN1C(=O)C=CC1=O)CCS(=O)(=O)O)(C3)C2. The summed E-state index contributed by atoms with van der Waals surface area (Å²) >= 11 is 0. The minimum atomic E-state index is -4.19. The molecule has 21 nitrogen and oxygen atoms in total. The lowest BCUT2D eigenvalue weighted by molar-refractivity contribution is -0.248. The molecule has 4 N–H and O–H groups in total. The first-order chi connectivity index (χ1) is 33.3. The molecule has 4 aliphatic carbocycles. The Balaban J connectivity index is 0.829. The second kappa shape index (κ2) is 24.6. The molecule has 22 heteroatoms. The van der Waals surface area contributed by atoms with E-state index in [9.17, 15) is 42.0 Å². The van der Waals surface area contributed by atoms with Crippen molar-refractivity contribution < 1.29 is 65.7 Å². The van der Waals surface area contributed by atoms with Gasteiger partial charge in [0.25, 0.3) is 21.9 Å². The van der Waals surface area contributed by atoms with Gasteiger partial charge in [0.15, 0.2) is 5.69 Å². The number of carbonyl (C=O) groups excluding carboxylic acids is 4. The van der Waals surface area contributed by atoms with Gasteiger partial charge in [-0.05, 0) is 80.7 Å². The Morgan fingerprint density at radius 3 is 2.03 bits per heavy atom. The maximum Gasteiger partial charge on any atom is 0.355 e. The average Bonchev–Trinajstić information content (AvgIpc) is 3.80. The van der Waals surface area contributed by atoms with E-state index in [-0.39, 0.29) is 78.5 Å². The lowest BCUT2D eigenvalue weighted by Gasteiger charge is -2.69. The molecule has 70 heavy (non-hydrogen) atoms. The van der Waals surface area contributed by atoms with Crippen LogP contribution in [-0.2, 0) is 59.5 Å². The molecule has 1 aliphatic heterocycles. The Hall–Kier alpha value is -4.68. The highest BCUT2D eigenvalue weighted by Gasteiger charge is 2.66. The molecular weight excluding hydrogens is 931 g/mol. The molecule has 4 fully saturated rings. The highest BCUT2D eigenvalue weighted by Crippen LogP contribution is 2.72. The van der Waals surface area contributed by atoms with E-state index in [1.54, 1.807) is 18.3 Å². The molecule has 3 heterocycles. The van der Waals surface area contributed by atoms with Crippen molar-refractivity contribution in [1.29, 1.82) is 0 Å². The fourth-order valence-electron chi connectivity index (χ4n) is 11.9. The minimum Gasteiger partial charge on any atom is -0.476 e. The molecule has 7 rings (SSSR count). The van der Waals surface area contributed by atoms with E-state index in [2.05, 4.69) is 29.5 Å². The van der Waals surface area contributed by atoms with E-state index in [0.29, 0.717) is 91.0 Å². The maximum absolute atomic E-state index is 12.5. The standard InChI is InChI=1S/C48H71N7O14S/c1-36-38(37-6-4-11-51-43(37)44(60)61)28-52-55(36)35-47-30-45(2)29-46(3,31-47)33-48(32-45,34-47)69-20-16-53(17-27-70(62,63)64)14-5-12-49-40(57)10-18-65-21-23-67-25-26-68-24-22-66-19-13-50-39(56)9-15-54-41(58)7-8-42(54)59/h4,6-8,11,28H,5,9-10,12-27,29-35H2,1-3H3,(H,49,57)(H,50,56)(H,60,61)(H,62,63,64). The number of carboxylic acids is 1. The number of pyridine rings is 1. The summed E-state index contributed by atoms with van der Waals surface area (Å²) < 4.78 is 64.0. The van der Waals surface area contributed by atoms with Crippen molar-refractivity contribution in [2.75, 3.05) is 104 Å². The Morgan fingerprint density at radius 2 is 1.39 bits per heavy atom. The first kappa shape index (κ1) is 54.6. The zero-order chi connectivity index (χ0) is 50.4. The van der Waals surface area contributed by atoms with Gasteiger partial charge in [0.1, 0.15) is 0 Å². The Morgan fingerprint density at radius 1 is 0.771 bits per heavy atom. The van der Waals surface area contributed by atoms with Gasteiger partial charge in [-0.15, -0.1) is 0 Å². The number of hydrogen-bond donors (Lipinski definition) is 4. The summed E-state index contributed by atoms with van der Waals surface area (Å²) in [6, 6.07) is 3.50. The number of rotatable bonds is 33. The normalized spacial score (nSPS) is 23.8. The van der Waals surface area contributed by atoms with Gasteiger partial charge >= 0.3 is 5.97 Å². The largest absolute Gasteiger partial charge is 0.476 e. The van der Waals surface area contributed by atoms with Crippen molar-refractivity contribution in [3.8, 4) is 11.1 Å². The number of hydrogen-bond acceptors (Lipinski definition) is 15. The molecule has 2 atom stereocenters. The van der Waals surface area contributed by atoms with Crippen molar-refractivity contribution in [2.45, 2.75) is 90.7 Å². The van der Waals surface area contributed by atoms with Gasteiger partial charge < -0.3 is 39.4 Å². The van der Waals surface area contributed by atoms with Crippen LogP contribution >= 0.6 is 0 Å². The summed E-state index contributed by atoms with van der Waals surface area (Å²) in [6.07, 6.45) is 12.3. The summed E-state index contributed by atoms with van der Waals surface area (Å²) in [7, 11) is -4.19. The third-order valence-electron chi connectivity index (χ3n) is 13.6. The van der Waals surface area contributed by atoms with Crippen LogP contribution in [0.4, 0.5) is 0 Å². The van der Waals surface area contributed by atoms with Crippen LogP contribution in [0.25, 0.3) is 11.1 Å². The fourth-order valence-corrected chi connectivity index (χ4v) is 12.4. The molecule has 2 aromatic heterocycles. The molecule has 2 aromatic rings. The smallest absolute Gasteiger partial charge is 0.355 e. The van der Waals surface area contributed by atoms with Crippen LogP contribution in [-0.4, -0.2) is 182 Å². The third kappa shape index (κ3) is 15.9. The number of aromatic carboxylic acids is 1. The topological polar surface area (TPSA) is 267 Å². The van der Waals surface area contributed by atoms with Crippen LogP contribution in [0.2, 0.25) is 0 Å². The van der Waals surface area contributed by atoms with Gasteiger partial charge in [0.2, 0.25) is 11.8 Å². The monoisotopic (exact) mass is 1000 g/mol. The number of carbonyl (C=O) groups is 5. The van der Waals surface area contributed by atoms with Gasteiger partial charge in [-0.1, -0.05) is 19.9 Å². The van der Waals surface area contributed by atoms with Gasteiger partial charge in [-0.25, -0.2) is 9.78 Å².